The fraction of sp³-hybridized carbons (Fsp3) is 0.882. The van der Waals surface area contributed by atoms with Crippen molar-refractivity contribution in [3.05, 3.63) is 0 Å². The van der Waals surface area contributed by atoms with E-state index in [4.69, 9.17) is 0 Å². The van der Waals surface area contributed by atoms with Crippen LogP contribution in [0.25, 0.3) is 0 Å². The van der Waals surface area contributed by atoms with Gasteiger partial charge < -0.3 is 20.9 Å². The quantitative estimate of drug-likeness (QED) is 0.563. The minimum atomic E-state index is 0.00701. The first-order valence-corrected chi connectivity index (χ1v) is 9.03. The third kappa shape index (κ3) is 8.79. The SMILES string of the molecule is CCCNCCNC(=O)CC1CCCN(C(=O)NCC(C)C)C1. The lowest BCUT2D eigenvalue weighted by atomic mass is 9.94. The van der Waals surface area contributed by atoms with E-state index in [9.17, 15) is 9.59 Å². The molecule has 134 valence electrons. The summed E-state index contributed by atoms with van der Waals surface area (Å²) in [6, 6.07) is 0.00701. The van der Waals surface area contributed by atoms with Gasteiger partial charge in [-0.1, -0.05) is 20.8 Å². The van der Waals surface area contributed by atoms with Crippen LogP contribution in [0.4, 0.5) is 4.79 Å². The van der Waals surface area contributed by atoms with Gasteiger partial charge in [-0.2, -0.15) is 0 Å². The maximum atomic E-state index is 12.1. The van der Waals surface area contributed by atoms with E-state index in [1.807, 2.05) is 4.90 Å². The summed E-state index contributed by atoms with van der Waals surface area (Å²) < 4.78 is 0. The highest BCUT2D eigenvalue weighted by Gasteiger charge is 2.25. The number of amides is 3. The molecule has 1 fully saturated rings. The average Bonchev–Trinajstić information content (AvgIpc) is 2.52. The molecule has 6 nitrogen and oxygen atoms in total. The van der Waals surface area contributed by atoms with Crippen LogP contribution < -0.4 is 16.0 Å². The highest BCUT2D eigenvalue weighted by molar-refractivity contribution is 5.77. The molecule has 0 aromatic carbocycles. The lowest BCUT2D eigenvalue weighted by Crippen LogP contribution is -2.47. The van der Waals surface area contributed by atoms with Gasteiger partial charge >= 0.3 is 6.03 Å². The van der Waals surface area contributed by atoms with Crippen molar-refractivity contribution in [1.82, 2.24) is 20.9 Å². The van der Waals surface area contributed by atoms with Crippen LogP contribution in [0.5, 0.6) is 0 Å². The monoisotopic (exact) mass is 326 g/mol. The topological polar surface area (TPSA) is 73.5 Å². The zero-order chi connectivity index (χ0) is 17.1. The first-order chi connectivity index (χ1) is 11.0. The molecule has 0 aromatic rings. The van der Waals surface area contributed by atoms with E-state index in [1.165, 1.54) is 0 Å². The van der Waals surface area contributed by atoms with E-state index < -0.39 is 0 Å². The Morgan fingerprint density at radius 3 is 2.65 bits per heavy atom. The van der Waals surface area contributed by atoms with Crippen LogP contribution in [0.15, 0.2) is 0 Å². The first kappa shape index (κ1) is 19.7. The number of nitrogens with one attached hydrogen (secondary N) is 3. The van der Waals surface area contributed by atoms with Crippen molar-refractivity contribution >= 4 is 11.9 Å². The van der Waals surface area contributed by atoms with Crippen molar-refractivity contribution in [2.75, 3.05) is 39.3 Å². The lowest BCUT2D eigenvalue weighted by molar-refractivity contribution is -0.122. The molecular formula is C17H34N4O2. The zero-order valence-corrected chi connectivity index (χ0v) is 15.0. The Hall–Kier alpha value is -1.30. The van der Waals surface area contributed by atoms with Crippen molar-refractivity contribution in [2.24, 2.45) is 11.8 Å². The summed E-state index contributed by atoms with van der Waals surface area (Å²) in [7, 11) is 0. The Labute approximate surface area is 140 Å². The number of nitrogens with zero attached hydrogens (tertiary/aromatic N) is 1. The second kappa shape index (κ2) is 11.3. The van der Waals surface area contributed by atoms with E-state index in [0.717, 1.165) is 38.9 Å². The van der Waals surface area contributed by atoms with E-state index in [0.29, 0.717) is 32.0 Å². The molecule has 0 saturated carbocycles. The zero-order valence-electron chi connectivity index (χ0n) is 15.0. The summed E-state index contributed by atoms with van der Waals surface area (Å²) in [5.74, 6) is 0.821. The fourth-order valence-electron chi connectivity index (χ4n) is 2.75. The molecule has 1 aliphatic heterocycles. The molecule has 1 atom stereocenters. The number of carbonyl (C=O) groups excluding carboxylic acids is 2. The summed E-state index contributed by atoms with van der Waals surface area (Å²) in [4.78, 5) is 25.9. The predicted octanol–water partition coefficient (Wildman–Crippen LogP) is 1.57. The van der Waals surface area contributed by atoms with Gasteiger partial charge in [-0.3, -0.25) is 4.79 Å². The van der Waals surface area contributed by atoms with Crippen LogP contribution in [0.1, 0.15) is 46.5 Å². The highest BCUT2D eigenvalue weighted by atomic mass is 16.2. The Morgan fingerprint density at radius 1 is 1.17 bits per heavy atom. The number of hydrogen-bond acceptors (Lipinski definition) is 3. The Balaban J connectivity index is 2.23. The molecule has 1 aliphatic rings. The number of hydrogen-bond donors (Lipinski definition) is 3. The van der Waals surface area contributed by atoms with E-state index in [-0.39, 0.29) is 17.9 Å². The molecule has 0 radical (unpaired) electrons. The molecule has 0 aliphatic carbocycles. The molecule has 1 heterocycles. The van der Waals surface area contributed by atoms with Crippen molar-refractivity contribution in [2.45, 2.75) is 46.5 Å². The summed E-state index contributed by atoms with van der Waals surface area (Å²) in [6.07, 6.45) is 3.62. The Bertz CT molecular complexity index is 361. The van der Waals surface area contributed by atoms with Gasteiger partial charge in [0, 0.05) is 39.1 Å². The van der Waals surface area contributed by atoms with Gasteiger partial charge in [0.25, 0.3) is 0 Å². The molecule has 0 spiro atoms. The maximum Gasteiger partial charge on any atom is 0.317 e. The molecule has 6 heteroatoms. The maximum absolute atomic E-state index is 12.1. The van der Waals surface area contributed by atoms with Gasteiger partial charge in [0.05, 0.1) is 0 Å². The molecule has 3 N–H and O–H groups in total. The smallest absolute Gasteiger partial charge is 0.317 e. The molecule has 1 unspecified atom stereocenters. The third-order valence-corrected chi connectivity index (χ3v) is 3.99. The fourth-order valence-corrected chi connectivity index (χ4v) is 2.75. The first-order valence-electron chi connectivity index (χ1n) is 9.03. The van der Waals surface area contributed by atoms with E-state index in [1.54, 1.807) is 0 Å². The molecule has 1 saturated heterocycles. The molecule has 3 amide bonds. The normalized spacial score (nSPS) is 18.1. The summed E-state index contributed by atoms with van der Waals surface area (Å²) in [6.45, 7) is 10.9. The second-order valence-electron chi connectivity index (χ2n) is 6.84. The molecular weight excluding hydrogens is 292 g/mol. The van der Waals surface area contributed by atoms with Gasteiger partial charge in [-0.25, -0.2) is 4.79 Å². The standard InChI is InChI=1S/C17H34N4O2/c1-4-7-18-8-9-19-16(22)11-15-6-5-10-21(13-15)17(23)20-12-14(2)3/h14-15,18H,4-13H2,1-3H3,(H,19,22)(H,20,23). The van der Waals surface area contributed by atoms with Gasteiger partial charge in [-0.15, -0.1) is 0 Å². The van der Waals surface area contributed by atoms with Crippen LogP contribution in [0.2, 0.25) is 0 Å². The number of urea groups is 1. The molecule has 1 rings (SSSR count). The third-order valence-electron chi connectivity index (χ3n) is 3.99. The Morgan fingerprint density at radius 2 is 1.96 bits per heavy atom. The number of likely N-dealkylation sites (tertiary alicyclic amines) is 1. The van der Waals surface area contributed by atoms with Crippen LogP contribution in [0, 0.1) is 11.8 Å². The summed E-state index contributed by atoms with van der Waals surface area (Å²) in [5.41, 5.74) is 0. The molecule has 0 aromatic heterocycles. The van der Waals surface area contributed by atoms with Crippen molar-refractivity contribution in [3.63, 3.8) is 0 Å². The van der Waals surface area contributed by atoms with Crippen LogP contribution >= 0.6 is 0 Å². The Kier molecular flexibility index (Phi) is 9.67. The number of rotatable bonds is 9. The molecule has 0 bridgehead atoms. The second-order valence-corrected chi connectivity index (χ2v) is 6.84. The van der Waals surface area contributed by atoms with E-state index >= 15 is 0 Å². The van der Waals surface area contributed by atoms with Gasteiger partial charge in [0.2, 0.25) is 5.91 Å². The van der Waals surface area contributed by atoms with E-state index in [2.05, 4.69) is 36.7 Å². The number of piperidine rings is 1. The minimum Gasteiger partial charge on any atom is -0.355 e. The average molecular weight is 326 g/mol. The van der Waals surface area contributed by atoms with Crippen LogP contribution in [-0.2, 0) is 4.79 Å². The largest absolute Gasteiger partial charge is 0.355 e. The van der Waals surface area contributed by atoms with Gasteiger partial charge in [0.15, 0.2) is 0 Å². The number of carbonyl (C=O) groups is 2. The highest BCUT2D eigenvalue weighted by Crippen LogP contribution is 2.19. The van der Waals surface area contributed by atoms with Crippen molar-refractivity contribution in [1.29, 1.82) is 0 Å². The van der Waals surface area contributed by atoms with Crippen LogP contribution in [0.3, 0.4) is 0 Å². The predicted molar refractivity (Wildman–Crippen MR) is 93.3 cm³/mol. The van der Waals surface area contributed by atoms with Crippen molar-refractivity contribution in [3.8, 4) is 0 Å². The van der Waals surface area contributed by atoms with Crippen molar-refractivity contribution < 1.29 is 9.59 Å². The van der Waals surface area contributed by atoms with Gasteiger partial charge in [-0.05, 0) is 37.6 Å². The summed E-state index contributed by atoms with van der Waals surface area (Å²) in [5, 5.41) is 9.17. The summed E-state index contributed by atoms with van der Waals surface area (Å²) >= 11 is 0. The van der Waals surface area contributed by atoms with Gasteiger partial charge in [0.1, 0.15) is 0 Å². The lowest BCUT2D eigenvalue weighted by Gasteiger charge is -2.32. The van der Waals surface area contributed by atoms with Crippen LogP contribution in [-0.4, -0.2) is 56.1 Å². The molecule has 23 heavy (non-hydrogen) atoms. The minimum absolute atomic E-state index is 0.00701.